The lowest BCUT2D eigenvalue weighted by molar-refractivity contribution is -0.142. The van der Waals surface area contributed by atoms with Gasteiger partial charge in [0.15, 0.2) is 5.60 Å². The molecule has 2 amide bonds. The quantitative estimate of drug-likeness (QED) is 0.751. The van der Waals surface area contributed by atoms with Crippen LogP contribution in [-0.2, 0) is 16.1 Å². The zero-order chi connectivity index (χ0) is 21.8. The predicted molar refractivity (Wildman–Crippen MR) is 106 cm³/mol. The number of rotatable bonds is 3. The normalized spacial score (nSPS) is 24.8. The summed E-state index contributed by atoms with van der Waals surface area (Å²) in [5.41, 5.74) is 0.0112. The van der Waals surface area contributed by atoms with E-state index in [2.05, 4.69) is 5.10 Å². The van der Waals surface area contributed by atoms with E-state index < -0.39 is 29.5 Å². The molecule has 3 saturated heterocycles. The second-order valence-corrected chi connectivity index (χ2v) is 8.40. The molecule has 164 valence electrons. The largest absolute Gasteiger partial charge is 0.342 e. The Labute approximate surface area is 178 Å². The van der Waals surface area contributed by atoms with Crippen molar-refractivity contribution < 1.29 is 23.1 Å². The van der Waals surface area contributed by atoms with Crippen LogP contribution in [0, 0.1) is 11.6 Å². The molecule has 4 heterocycles. The topological polar surface area (TPSA) is 67.7 Å². The number of piperidine rings is 1. The van der Waals surface area contributed by atoms with Crippen molar-refractivity contribution in [2.75, 3.05) is 13.1 Å². The fourth-order valence-electron chi connectivity index (χ4n) is 5.14. The maximum absolute atomic E-state index is 13.7. The number of carbonyl (C=O) groups excluding carboxylic acids is 2. The lowest BCUT2D eigenvalue weighted by Gasteiger charge is -2.37. The summed E-state index contributed by atoms with van der Waals surface area (Å²) in [6.45, 7) is 3.33. The minimum atomic E-state index is -0.975. The molecule has 2 atom stereocenters. The summed E-state index contributed by atoms with van der Waals surface area (Å²) in [6.07, 6.45) is 3.22. The number of hydrogen-bond donors (Lipinski definition) is 0. The Morgan fingerprint density at radius 1 is 1.19 bits per heavy atom. The van der Waals surface area contributed by atoms with E-state index in [4.69, 9.17) is 4.74 Å². The molecule has 0 saturated carbocycles. The molecular formula is C22H24F2N4O3. The van der Waals surface area contributed by atoms with E-state index in [0.717, 1.165) is 6.07 Å². The molecule has 1 unspecified atom stereocenters. The zero-order valence-electron chi connectivity index (χ0n) is 17.3. The first kappa shape index (κ1) is 20.1. The van der Waals surface area contributed by atoms with Crippen molar-refractivity contribution >= 4 is 11.8 Å². The number of benzene rings is 1. The Hall–Kier alpha value is -2.81. The Bertz CT molecular complexity index is 1010. The highest BCUT2D eigenvalue weighted by atomic mass is 19.1. The predicted octanol–water partition coefficient (Wildman–Crippen LogP) is 2.88. The van der Waals surface area contributed by atoms with Gasteiger partial charge >= 0.3 is 0 Å². The van der Waals surface area contributed by atoms with Crippen LogP contribution >= 0.6 is 0 Å². The number of halogens is 2. The summed E-state index contributed by atoms with van der Waals surface area (Å²) in [6, 6.07) is 4.70. The number of ether oxygens (including phenoxy) is 1. The SMILES string of the molecule is CCn1nccc1C(=O)N1CCC2(CC1)OC1CC[C@@H](c3cc(F)cc(F)c3)N1C2=O. The summed E-state index contributed by atoms with van der Waals surface area (Å²) in [5, 5.41) is 4.15. The van der Waals surface area contributed by atoms with Crippen LogP contribution in [0.4, 0.5) is 8.78 Å². The van der Waals surface area contributed by atoms with Crippen molar-refractivity contribution in [1.82, 2.24) is 19.6 Å². The molecule has 2 aromatic rings. The first-order valence-corrected chi connectivity index (χ1v) is 10.7. The molecule has 0 aliphatic carbocycles. The van der Waals surface area contributed by atoms with Crippen LogP contribution in [-0.4, -0.2) is 56.3 Å². The number of fused-ring (bicyclic) bond motifs is 1. The van der Waals surface area contributed by atoms with Crippen molar-refractivity contribution in [3.8, 4) is 0 Å². The van der Waals surface area contributed by atoms with E-state index in [1.807, 2.05) is 6.92 Å². The highest BCUT2D eigenvalue weighted by Crippen LogP contribution is 2.47. The van der Waals surface area contributed by atoms with E-state index in [1.165, 1.54) is 12.1 Å². The number of hydrogen-bond acceptors (Lipinski definition) is 4. The lowest BCUT2D eigenvalue weighted by Crippen LogP contribution is -2.52. The molecule has 1 aromatic heterocycles. The summed E-state index contributed by atoms with van der Waals surface area (Å²) in [5.74, 6) is -1.55. The van der Waals surface area contributed by atoms with Crippen molar-refractivity contribution in [2.24, 2.45) is 0 Å². The molecule has 1 spiro atoms. The van der Waals surface area contributed by atoms with Crippen molar-refractivity contribution in [2.45, 2.75) is 57.0 Å². The summed E-state index contributed by atoms with van der Waals surface area (Å²) >= 11 is 0. The molecule has 1 aromatic carbocycles. The number of aryl methyl sites for hydroxylation is 1. The van der Waals surface area contributed by atoms with Crippen LogP contribution in [0.5, 0.6) is 0 Å². The molecule has 31 heavy (non-hydrogen) atoms. The number of carbonyl (C=O) groups is 2. The van der Waals surface area contributed by atoms with Gasteiger partial charge in [0, 0.05) is 44.7 Å². The van der Waals surface area contributed by atoms with E-state index in [-0.39, 0.29) is 11.8 Å². The maximum Gasteiger partial charge on any atom is 0.272 e. The lowest BCUT2D eigenvalue weighted by atomic mass is 9.89. The van der Waals surface area contributed by atoms with Gasteiger partial charge < -0.3 is 14.5 Å². The monoisotopic (exact) mass is 430 g/mol. The van der Waals surface area contributed by atoms with E-state index in [9.17, 15) is 18.4 Å². The van der Waals surface area contributed by atoms with Crippen LogP contribution in [0.15, 0.2) is 30.5 Å². The van der Waals surface area contributed by atoms with Crippen molar-refractivity contribution in [3.63, 3.8) is 0 Å². The minimum Gasteiger partial charge on any atom is -0.342 e. The smallest absolute Gasteiger partial charge is 0.272 e. The first-order valence-electron chi connectivity index (χ1n) is 10.7. The Morgan fingerprint density at radius 3 is 2.58 bits per heavy atom. The Kier molecular flexibility index (Phi) is 4.80. The number of aromatic nitrogens is 2. The van der Waals surface area contributed by atoms with Crippen LogP contribution in [0.2, 0.25) is 0 Å². The average Bonchev–Trinajstić information content (AvgIpc) is 3.44. The summed E-state index contributed by atoms with van der Waals surface area (Å²) < 4.78 is 35.4. The van der Waals surface area contributed by atoms with Gasteiger partial charge in [0.05, 0.1) is 6.04 Å². The molecule has 5 rings (SSSR count). The molecule has 0 radical (unpaired) electrons. The van der Waals surface area contributed by atoms with Gasteiger partial charge in [0.1, 0.15) is 23.6 Å². The molecular weight excluding hydrogens is 406 g/mol. The van der Waals surface area contributed by atoms with Gasteiger partial charge in [-0.25, -0.2) is 8.78 Å². The van der Waals surface area contributed by atoms with Gasteiger partial charge in [0.25, 0.3) is 11.8 Å². The molecule has 3 aliphatic rings. The summed E-state index contributed by atoms with van der Waals surface area (Å²) in [4.78, 5) is 29.7. The fourth-order valence-corrected chi connectivity index (χ4v) is 5.14. The minimum absolute atomic E-state index is 0.103. The number of likely N-dealkylation sites (tertiary alicyclic amines) is 1. The van der Waals surface area contributed by atoms with Crippen molar-refractivity contribution in [3.05, 3.63) is 53.4 Å². The van der Waals surface area contributed by atoms with Crippen LogP contribution in [0.3, 0.4) is 0 Å². The second kappa shape index (κ2) is 7.40. The Balaban J connectivity index is 1.32. The standard InChI is InChI=1S/C22H24F2N4O3/c1-2-27-18(5-8-25-27)20(29)26-9-6-22(7-10-26)21(30)28-17(3-4-19(28)31-22)14-11-15(23)13-16(24)12-14/h5,8,11-13,17,19H,2-4,6-7,9-10H2,1H3/t17-,19?/m0/s1. The fraction of sp³-hybridized carbons (Fsp3) is 0.500. The van der Waals surface area contributed by atoms with Crippen LogP contribution in [0.1, 0.15) is 54.7 Å². The van der Waals surface area contributed by atoms with Gasteiger partial charge in [-0.15, -0.1) is 0 Å². The van der Waals surface area contributed by atoms with Crippen LogP contribution < -0.4 is 0 Å². The molecule has 9 heteroatoms. The van der Waals surface area contributed by atoms with Crippen molar-refractivity contribution in [1.29, 1.82) is 0 Å². The first-order chi connectivity index (χ1) is 14.9. The molecule has 0 N–H and O–H groups in total. The van der Waals surface area contributed by atoms with Gasteiger partial charge in [-0.3, -0.25) is 14.3 Å². The number of nitrogens with zero attached hydrogens (tertiary/aromatic N) is 4. The third-order valence-electron chi connectivity index (χ3n) is 6.68. The number of amides is 2. The molecule has 0 bridgehead atoms. The summed E-state index contributed by atoms with van der Waals surface area (Å²) in [7, 11) is 0. The van der Waals surface area contributed by atoms with Crippen LogP contribution in [0.25, 0.3) is 0 Å². The Morgan fingerprint density at radius 2 is 1.90 bits per heavy atom. The van der Waals surface area contributed by atoms with E-state index in [1.54, 1.807) is 26.7 Å². The third-order valence-corrected chi connectivity index (χ3v) is 6.68. The van der Waals surface area contributed by atoms with E-state index in [0.29, 0.717) is 56.6 Å². The average molecular weight is 430 g/mol. The van der Waals surface area contributed by atoms with E-state index >= 15 is 0 Å². The zero-order valence-corrected chi connectivity index (χ0v) is 17.3. The van der Waals surface area contributed by atoms with Gasteiger partial charge in [-0.2, -0.15) is 5.10 Å². The molecule has 7 nitrogen and oxygen atoms in total. The van der Waals surface area contributed by atoms with Gasteiger partial charge in [-0.1, -0.05) is 0 Å². The van der Waals surface area contributed by atoms with Gasteiger partial charge in [-0.05, 0) is 43.5 Å². The molecule has 3 fully saturated rings. The highest BCUT2D eigenvalue weighted by molar-refractivity contribution is 5.93. The highest BCUT2D eigenvalue weighted by Gasteiger charge is 2.58. The maximum atomic E-state index is 13.7. The van der Waals surface area contributed by atoms with Gasteiger partial charge in [0.2, 0.25) is 0 Å². The third kappa shape index (κ3) is 3.22. The molecule has 3 aliphatic heterocycles. The second-order valence-electron chi connectivity index (χ2n) is 8.40.